The first-order valence-corrected chi connectivity index (χ1v) is 7.32. The number of nitrogens with one attached hydrogen (secondary N) is 1. The molecule has 110 valence electrons. The van der Waals surface area contributed by atoms with Crippen LogP contribution in [0.15, 0.2) is 18.2 Å². The van der Waals surface area contributed by atoms with E-state index < -0.39 is 0 Å². The number of benzene rings is 1. The molecule has 1 heterocycles. The zero-order valence-electron chi connectivity index (χ0n) is 12.0. The Morgan fingerprint density at radius 2 is 2.15 bits per heavy atom. The van der Waals surface area contributed by atoms with Gasteiger partial charge in [-0.3, -0.25) is 9.69 Å². The molecule has 1 amide bonds. The molecule has 5 heteroatoms. The van der Waals surface area contributed by atoms with Crippen molar-refractivity contribution < 1.29 is 9.53 Å². The number of carbonyl (C=O) groups is 1. The van der Waals surface area contributed by atoms with E-state index in [-0.39, 0.29) is 5.91 Å². The summed E-state index contributed by atoms with van der Waals surface area (Å²) in [6, 6.07) is 5.25. The maximum atomic E-state index is 12.0. The van der Waals surface area contributed by atoms with Gasteiger partial charge >= 0.3 is 0 Å². The second kappa shape index (κ2) is 6.95. The van der Waals surface area contributed by atoms with E-state index in [0.717, 1.165) is 19.0 Å². The van der Waals surface area contributed by atoms with Crippen LogP contribution in [0.3, 0.4) is 0 Å². The van der Waals surface area contributed by atoms with Crippen LogP contribution >= 0.6 is 11.6 Å². The largest absolute Gasteiger partial charge is 0.495 e. The Balaban J connectivity index is 1.86. The molecule has 0 bridgehead atoms. The van der Waals surface area contributed by atoms with E-state index >= 15 is 0 Å². The Morgan fingerprint density at radius 3 is 2.75 bits per heavy atom. The topological polar surface area (TPSA) is 41.6 Å². The number of amides is 1. The Labute approximate surface area is 125 Å². The fourth-order valence-corrected chi connectivity index (χ4v) is 2.63. The SMILES string of the molecule is COc1ccc(NC(=O)CN2CCC(C)CC2)cc1Cl. The summed E-state index contributed by atoms with van der Waals surface area (Å²) in [5.74, 6) is 1.38. The van der Waals surface area contributed by atoms with Crippen LogP contribution in [0.5, 0.6) is 5.75 Å². The number of halogens is 1. The summed E-state index contributed by atoms with van der Waals surface area (Å²) in [6.07, 6.45) is 2.34. The lowest BCUT2D eigenvalue weighted by molar-refractivity contribution is -0.117. The van der Waals surface area contributed by atoms with Crippen molar-refractivity contribution in [1.82, 2.24) is 4.90 Å². The van der Waals surface area contributed by atoms with Crippen molar-refractivity contribution in [1.29, 1.82) is 0 Å². The van der Waals surface area contributed by atoms with Gasteiger partial charge in [0.15, 0.2) is 0 Å². The quantitative estimate of drug-likeness (QED) is 0.928. The molecule has 0 aromatic heterocycles. The Hall–Kier alpha value is -1.26. The van der Waals surface area contributed by atoms with Crippen LogP contribution in [0.25, 0.3) is 0 Å². The lowest BCUT2D eigenvalue weighted by Crippen LogP contribution is -2.38. The number of rotatable bonds is 4. The second-order valence-corrected chi connectivity index (χ2v) is 5.76. The molecule has 20 heavy (non-hydrogen) atoms. The molecule has 1 aliphatic rings. The first kappa shape index (κ1) is 15.1. The highest BCUT2D eigenvalue weighted by Crippen LogP contribution is 2.27. The number of carbonyl (C=O) groups excluding carboxylic acids is 1. The molecule has 1 aliphatic heterocycles. The predicted molar refractivity (Wildman–Crippen MR) is 81.5 cm³/mol. The van der Waals surface area contributed by atoms with E-state index in [1.165, 1.54) is 12.8 Å². The summed E-state index contributed by atoms with van der Waals surface area (Å²) in [5.41, 5.74) is 0.700. The number of hydrogen-bond acceptors (Lipinski definition) is 3. The van der Waals surface area contributed by atoms with Gasteiger partial charge in [-0.15, -0.1) is 0 Å². The first-order chi connectivity index (χ1) is 9.58. The van der Waals surface area contributed by atoms with Crippen molar-refractivity contribution in [2.24, 2.45) is 5.92 Å². The molecule has 1 aromatic rings. The standard InChI is InChI=1S/C15H21ClN2O2/c1-11-5-7-18(8-6-11)10-15(19)17-12-3-4-14(20-2)13(16)9-12/h3-4,9,11H,5-8,10H2,1-2H3,(H,17,19). The third-order valence-corrected chi connectivity index (χ3v) is 3.97. The maximum absolute atomic E-state index is 12.0. The van der Waals surface area contributed by atoms with E-state index in [1.807, 2.05) is 0 Å². The smallest absolute Gasteiger partial charge is 0.238 e. The Morgan fingerprint density at radius 1 is 1.45 bits per heavy atom. The fourth-order valence-electron chi connectivity index (χ4n) is 2.37. The predicted octanol–water partition coefficient (Wildman–Crippen LogP) is 3.02. The van der Waals surface area contributed by atoms with Crippen LogP contribution in [0.1, 0.15) is 19.8 Å². The van der Waals surface area contributed by atoms with Gasteiger partial charge in [-0.05, 0) is 50.0 Å². The number of ether oxygens (including phenoxy) is 1. The molecule has 0 unspecified atom stereocenters. The summed E-state index contributed by atoms with van der Waals surface area (Å²) >= 11 is 6.03. The van der Waals surface area contributed by atoms with E-state index in [0.29, 0.717) is 23.0 Å². The fraction of sp³-hybridized carbons (Fsp3) is 0.533. The third-order valence-electron chi connectivity index (χ3n) is 3.68. The van der Waals surface area contributed by atoms with Crippen molar-refractivity contribution in [2.45, 2.75) is 19.8 Å². The molecule has 0 spiro atoms. The lowest BCUT2D eigenvalue weighted by atomic mass is 9.99. The number of likely N-dealkylation sites (tertiary alicyclic amines) is 1. The van der Waals surface area contributed by atoms with Gasteiger partial charge in [0.05, 0.1) is 18.7 Å². The molecule has 1 fully saturated rings. The molecule has 1 aromatic carbocycles. The molecule has 0 atom stereocenters. The molecule has 4 nitrogen and oxygen atoms in total. The van der Waals surface area contributed by atoms with Gasteiger partial charge in [-0.25, -0.2) is 0 Å². The number of hydrogen-bond donors (Lipinski definition) is 1. The molecule has 2 rings (SSSR count). The lowest BCUT2D eigenvalue weighted by Gasteiger charge is -2.29. The Kier molecular flexibility index (Phi) is 5.26. The minimum atomic E-state index is 0.000728. The number of nitrogens with zero attached hydrogens (tertiary/aromatic N) is 1. The van der Waals surface area contributed by atoms with Gasteiger partial charge in [0.25, 0.3) is 0 Å². The van der Waals surface area contributed by atoms with Gasteiger partial charge in [-0.1, -0.05) is 18.5 Å². The van der Waals surface area contributed by atoms with E-state index in [2.05, 4.69) is 17.1 Å². The normalized spacial score (nSPS) is 16.9. The van der Waals surface area contributed by atoms with Gasteiger partial charge in [-0.2, -0.15) is 0 Å². The molecule has 0 saturated carbocycles. The zero-order valence-corrected chi connectivity index (χ0v) is 12.7. The van der Waals surface area contributed by atoms with Crippen molar-refractivity contribution in [3.63, 3.8) is 0 Å². The summed E-state index contributed by atoms with van der Waals surface area (Å²) in [6.45, 7) is 4.70. The summed E-state index contributed by atoms with van der Waals surface area (Å²) < 4.78 is 5.08. The molecule has 1 saturated heterocycles. The summed E-state index contributed by atoms with van der Waals surface area (Å²) in [4.78, 5) is 14.2. The van der Waals surface area contributed by atoms with Gasteiger partial charge < -0.3 is 10.1 Å². The van der Waals surface area contributed by atoms with E-state index in [1.54, 1.807) is 25.3 Å². The van der Waals surface area contributed by atoms with E-state index in [9.17, 15) is 4.79 Å². The average Bonchev–Trinajstić information content (AvgIpc) is 2.41. The second-order valence-electron chi connectivity index (χ2n) is 5.36. The van der Waals surface area contributed by atoms with Crippen molar-refractivity contribution in [3.8, 4) is 5.75 Å². The molecule has 0 radical (unpaired) electrons. The highest BCUT2D eigenvalue weighted by molar-refractivity contribution is 6.32. The van der Waals surface area contributed by atoms with Crippen LogP contribution in [0, 0.1) is 5.92 Å². The highest BCUT2D eigenvalue weighted by Gasteiger charge is 2.18. The van der Waals surface area contributed by atoms with Crippen molar-refractivity contribution in [2.75, 3.05) is 32.1 Å². The maximum Gasteiger partial charge on any atom is 0.238 e. The Bertz CT molecular complexity index is 471. The minimum absolute atomic E-state index is 0.000728. The van der Waals surface area contributed by atoms with Crippen LogP contribution < -0.4 is 10.1 Å². The van der Waals surface area contributed by atoms with Crippen LogP contribution in [-0.4, -0.2) is 37.6 Å². The van der Waals surface area contributed by atoms with Gasteiger partial charge in [0, 0.05) is 5.69 Å². The number of piperidine rings is 1. The first-order valence-electron chi connectivity index (χ1n) is 6.94. The molecular weight excluding hydrogens is 276 g/mol. The van der Waals surface area contributed by atoms with Gasteiger partial charge in [0.1, 0.15) is 5.75 Å². The molecular formula is C15H21ClN2O2. The minimum Gasteiger partial charge on any atom is -0.495 e. The summed E-state index contributed by atoms with van der Waals surface area (Å²) in [7, 11) is 1.57. The summed E-state index contributed by atoms with van der Waals surface area (Å²) in [5, 5.41) is 3.37. The number of anilines is 1. The number of methoxy groups -OCH3 is 1. The molecule has 0 aliphatic carbocycles. The van der Waals surface area contributed by atoms with Crippen LogP contribution in [0.2, 0.25) is 5.02 Å². The van der Waals surface area contributed by atoms with Crippen molar-refractivity contribution in [3.05, 3.63) is 23.2 Å². The van der Waals surface area contributed by atoms with Gasteiger partial charge in [0.2, 0.25) is 5.91 Å². The zero-order chi connectivity index (χ0) is 14.5. The third kappa shape index (κ3) is 4.12. The average molecular weight is 297 g/mol. The van der Waals surface area contributed by atoms with Crippen molar-refractivity contribution >= 4 is 23.2 Å². The molecule has 1 N–H and O–H groups in total. The van der Waals surface area contributed by atoms with E-state index in [4.69, 9.17) is 16.3 Å². The van der Waals surface area contributed by atoms with Crippen LogP contribution in [0.4, 0.5) is 5.69 Å². The van der Waals surface area contributed by atoms with Crippen LogP contribution in [-0.2, 0) is 4.79 Å². The monoisotopic (exact) mass is 296 g/mol. The highest BCUT2D eigenvalue weighted by atomic mass is 35.5.